The number of nitrogens with one attached hydrogen (secondary N) is 1. The summed E-state index contributed by atoms with van der Waals surface area (Å²) in [5.74, 6) is 1.59. The van der Waals surface area contributed by atoms with Crippen LogP contribution in [0.1, 0.15) is 49.6 Å². The summed E-state index contributed by atoms with van der Waals surface area (Å²) in [5, 5.41) is 11.5. The molecule has 0 aliphatic heterocycles. The molecule has 102 valence electrons. The van der Waals surface area contributed by atoms with Crippen LogP contribution in [-0.2, 0) is 13.0 Å². The Balaban J connectivity index is 2.09. The average molecular weight is 259 g/mol. The summed E-state index contributed by atoms with van der Waals surface area (Å²) >= 11 is 0. The smallest absolute Gasteiger partial charge is 0.235 e. The van der Waals surface area contributed by atoms with Crippen molar-refractivity contribution in [3.63, 3.8) is 0 Å². The molecule has 0 bridgehead atoms. The summed E-state index contributed by atoms with van der Waals surface area (Å²) in [6.07, 6.45) is 1.01. The molecule has 0 aliphatic carbocycles. The summed E-state index contributed by atoms with van der Waals surface area (Å²) in [6, 6.07) is 6.33. The van der Waals surface area contributed by atoms with Crippen molar-refractivity contribution >= 4 is 5.69 Å². The normalized spacial score (nSPS) is 11.0. The van der Waals surface area contributed by atoms with Crippen molar-refractivity contribution in [2.45, 2.75) is 46.6 Å². The second kappa shape index (κ2) is 5.87. The summed E-state index contributed by atoms with van der Waals surface area (Å²) in [5.41, 5.74) is 3.72. The number of hydrogen-bond donors (Lipinski definition) is 1. The van der Waals surface area contributed by atoms with Crippen LogP contribution in [0.3, 0.4) is 0 Å². The van der Waals surface area contributed by atoms with Crippen LogP contribution in [0.4, 0.5) is 5.69 Å². The minimum absolute atomic E-state index is 0.269. The van der Waals surface area contributed by atoms with Gasteiger partial charge in [0, 0.05) is 11.6 Å². The van der Waals surface area contributed by atoms with Gasteiger partial charge in [0.15, 0.2) is 0 Å². The van der Waals surface area contributed by atoms with Crippen LogP contribution in [0.2, 0.25) is 0 Å². The maximum atomic E-state index is 5.60. The Bertz CT molecular complexity index is 546. The lowest BCUT2D eigenvalue weighted by atomic mass is 10.1. The van der Waals surface area contributed by atoms with Crippen LogP contribution in [0.15, 0.2) is 22.6 Å². The first-order valence-electron chi connectivity index (χ1n) is 6.76. The van der Waals surface area contributed by atoms with Gasteiger partial charge in [0.2, 0.25) is 11.8 Å². The summed E-state index contributed by atoms with van der Waals surface area (Å²) in [4.78, 5) is 0. The third kappa shape index (κ3) is 3.13. The first kappa shape index (κ1) is 13.6. The summed E-state index contributed by atoms with van der Waals surface area (Å²) < 4.78 is 5.60. The Morgan fingerprint density at radius 2 is 2.05 bits per heavy atom. The quantitative estimate of drug-likeness (QED) is 0.890. The molecule has 0 aliphatic rings. The fourth-order valence-corrected chi connectivity index (χ4v) is 2.01. The fraction of sp³-hybridized carbons (Fsp3) is 0.467. The Hall–Kier alpha value is -1.84. The van der Waals surface area contributed by atoms with Crippen molar-refractivity contribution < 1.29 is 4.42 Å². The van der Waals surface area contributed by atoms with Gasteiger partial charge in [-0.25, -0.2) is 0 Å². The molecule has 0 fully saturated rings. The van der Waals surface area contributed by atoms with Crippen LogP contribution in [0.25, 0.3) is 0 Å². The molecule has 0 unspecified atom stereocenters. The van der Waals surface area contributed by atoms with Gasteiger partial charge in [0.05, 0.1) is 6.54 Å². The van der Waals surface area contributed by atoms with Crippen molar-refractivity contribution in [2.75, 3.05) is 5.32 Å². The predicted octanol–water partition coefficient (Wildman–Crippen LogP) is 3.68. The number of aromatic nitrogens is 2. The number of aryl methyl sites for hydroxylation is 2. The van der Waals surface area contributed by atoms with Gasteiger partial charge in [-0.15, -0.1) is 10.2 Å². The van der Waals surface area contributed by atoms with E-state index >= 15 is 0 Å². The van der Waals surface area contributed by atoms with Gasteiger partial charge >= 0.3 is 0 Å². The van der Waals surface area contributed by atoms with Crippen molar-refractivity contribution in [1.82, 2.24) is 10.2 Å². The molecule has 0 atom stereocenters. The standard InChI is InChI=1S/C15H21N3O/c1-5-12-8-6-7-11(4)14(12)16-9-13-17-18-15(19-13)10(2)3/h6-8,10,16H,5,9H2,1-4H3. The Kier molecular flexibility index (Phi) is 4.20. The number of benzene rings is 1. The van der Waals surface area contributed by atoms with Crippen molar-refractivity contribution in [3.05, 3.63) is 41.1 Å². The minimum atomic E-state index is 0.269. The van der Waals surface area contributed by atoms with Gasteiger partial charge in [-0.05, 0) is 24.5 Å². The van der Waals surface area contributed by atoms with Crippen LogP contribution < -0.4 is 5.32 Å². The molecule has 19 heavy (non-hydrogen) atoms. The molecule has 0 saturated carbocycles. The van der Waals surface area contributed by atoms with Gasteiger partial charge in [-0.2, -0.15) is 0 Å². The monoisotopic (exact) mass is 259 g/mol. The highest BCUT2D eigenvalue weighted by Crippen LogP contribution is 2.22. The first-order valence-corrected chi connectivity index (χ1v) is 6.76. The lowest BCUT2D eigenvalue weighted by molar-refractivity contribution is 0.437. The summed E-state index contributed by atoms with van der Waals surface area (Å²) in [6.45, 7) is 8.92. The van der Waals surface area contributed by atoms with Crippen LogP contribution in [0.5, 0.6) is 0 Å². The van der Waals surface area contributed by atoms with Crippen LogP contribution >= 0.6 is 0 Å². The molecule has 0 radical (unpaired) electrons. The van der Waals surface area contributed by atoms with Crippen molar-refractivity contribution in [2.24, 2.45) is 0 Å². The fourth-order valence-electron chi connectivity index (χ4n) is 2.01. The molecular weight excluding hydrogens is 238 g/mol. The van der Waals surface area contributed by atoms with E-state index in [9.17, 15) is 0 Å². The number of anilines is 1. The minimum Gasteiger partial charge on any atom is -0.423 e. The SMILES string of the molecule is CCc1cccc(C)c1NCc1nnc(C(C)C)o1. The summed E-state index contributed by atoms with van der Waals surface area (Å²) in [7, 11) is 0. The lowest BCUT2D eigenvalue weighted by Gasteiger charge is -2.12. The molecule has 2 rings (SSSR count). The van der Waals surface area contributed by atoms with Gasteiger partial charge in [-0.3, -0.25) is 0 Å². The average Bonchev–Trinajstić information content (AvgIpc) is 2.86. The maximum Gasteiger partial charge on any atom is 0.235 e. The van der Waals surface area contributed by atoms with Gasteiger partial charge in [0.25, 0.3) is 0 Å². The Labute approximate surface area is 114 Å². The van der Waals surface area contributed by atoms with Crippen LogP contribution in [0, 0.1) is 6.92 Å². The highest BCUT2D eigenvalue weighted by Gasteiger charge is 2.10. The molecule has 0 amide bonds. The molecule has 0 spiro atoms. The Morgan fingerprint density at radius 1 is 1.26 bits per heavy atom. The third-order valence-corrected chi connectivity index (χ3v) is 3.13. The molecule has 0 saturated heterocycles. The molecule has 2 aromatic rings. The van der Waals surface area contributed by atoms with E-state index in [1.54, 1.807) is 0 Å². The predicted molar refractivity (Wildman–Crippen MR) is 76.3 cm³/mol. The van der Waals surface area contributed by atoms with Gasteiger partial charge in [-0.1, -0.05) is 39.0 Å². The van der Waals surface area contributed by atoms with E-state index in [1.165, 1.54) is 16.8 Å². The molecule has 4 nitrogen and oxygen atoms in total. The zero-order chi connectivity index (χ0) is 13.8. The number of hydrogen-bond acceptors (Lipinski definition) is 4. The highest BCUT2D eigenvalue weighted by molar-refractivity contribution is 5.57. The van der Waals surface area contributed by atoms with Crippen molar-refractivity contribution in [1.29, 1.82) is 0 Å². The van der Waals surface area contributed by atoms with E-state index in [4.69, 9.17) is 4.42 Å². The second-order valence-electron chi connectivity index (χ2n) is 5.00. The van der Waals surface area contributed by atoms with E-state index in [1.807, 2.05) is 13.8 Å². The maximum absolute atomic E-state index is 5.60. The van der Waals surface area contributed by atoms with E-state index < -0.39 is 0 Å². The Morgan fingerprint density at radius 3 is 2.68 bits per heavy atom. The molecule has 1 aromatic heterocycles. The molecule has 1 N–H and O–H groups in total. The molecule has 1 heterocycles. The number of rotatable bonds is 5. The van der Waals surface area contributed by atoms with Gasteiger partial charge in [0.1, 0.15) is 0 Å². The van der Waals surface area contributed by atoms with Gasteiger partial charge < -0.3 is 9.73 Å². The van der Waals surface area contributed by atoms with E-state index in [2.05, 4.69) is 47.6 Å². The highest BCUT2D eigenvalue weighted by atomic mass is 16.4. The first-order chi connectivity index (χ1) is 9.11. The van der Waals surface area contributed by atoms with Crippen LogP contribution in [-0.4, -0.2) is 10.2 Å². The zero-order valence-electron chi connectivity index (χ0n) is 12.0. The number of para-hydroxylation sites is 1. The van der Waals surface area contributed by atoms with E-state index in [0.717, 1.165) is 6.42 Å². The topological polar surface area (TPSA) is 51.0 Å². The molecule has 1 aromatic carbocycles. The van der Waals surface area contributed by atoms with Crippen molar-refractivity contribution in [3.8, 4) is 0 Å². The molecular formula is C15H21N3O. The third-order valence-electron chi connectivity index (χ3n) is 3.13. The molecule has 4 heteroatoms. The largest absolute Gasteiger partial charge is 0.423 e. The zero-order valence-corrected chi connectivity index (χ0v) is 12.0. The van der Waals surface area contributed by atoms with E-state index in [0.29, 0.717) is 18.3 Å². The van der Waals surface area contributed by atoms with E-state index in [-0.39, 0.29) is 5.92 Å². The second-order valence-corrected chi connectivity index (χ2v) is 5.00. The number of nitrogens with zero attached hydrogens (tertiary/aromatic N) is 2. The lowest BCUT2D eigenvalue weighted by Crippen LogP contribution is -2.04.